The first-order valence-electron chi connectivity index (χ1n) is 10.3. The molecular weight excluding hydrogens is 332 g/mol. The van der Waals surface area contributed by atoms with Gasteiger partial charge in [-0.2, -0.15) is 0 Å². The molecular formula is C23H36N4. The van der Waals surface area contributed by atoms with Crippen LogP contribution in [0.2, 0.25) is 0 Å². The number of nitrogens with two attached hydrogens (primary N) is 4. The van der Waals surface area contributed by atoms with Gasteiger partial charge in [0, 0.05) is 6.42 Å². The number of aryl methyl sites for hydroxylation is 2. The summed E-state index contributed by atoms with van der Waals surface area (Å²) in [6.45, 7) is 4.42. The normalized spacial score (nSPS) is 11.0. The zero-order chi connectivity index (χ0) is 19.8. The third-order valence-corrected chi connectivity index (χ3v) is 5.23. The number of hydrogen-bond acceptors (Lipinski definition) is 4. The molecule has 0 saturated heterocycles. The molecule has 0 aliphatic heterocycles. The van der Waals surface area contributed by atoms with Crippen molar-refractivity contribution in [1.29, 1.82) is 0 Å². The Labute approximate surface area is 164 Å². The first-order chi connectivity index (χ1) is 13.0. The number of nitrogen functional groups attached to an aromatic ring is 4. The fourth-order valence-electron chi connectivity index (χ4n) is 3.56. The zero-order valence-corrected chi connectivity index (χ0v) is 17.0. The van der Waals surface area contributed by atoms with Gasteiger partial charge in [0.25, 0.3) is 0 Å². The number of hydrogen-bond donors (Lipinski definition) is 4. The van der Waals surface area contributed by atoms with Crippen LogP contribution in [-0.4, -0.2) is 0 Å². The summed E-state index contributed by atoms with van der Waals surface area (Å²) >= 11 is 0. The standard InChI is InChI=1S/C23H36N4/c1-3-5-7-9-16-11-18(22(26)20(24)13-16)15-19-12-17(10-8-6-4-2)14-21(25)23(19)27/h11-14H,3-10,15,24-27H2,1-2H3. The van der Waals surface area contributed by atoms with Gasteiger partial charge >= 0.3 is 0 Å². The molecule has 0 heterocycles. The van der Waals surface area contributed by atoms with E-state index in [-0.39, 0.29) is 0 Å². The first-order valence-corrected chi connectivity index (χ1v) is 10.3. The summed E-state index contributed by atoms with van der Waals surface area (Å²) in [7, 11) is 0. The van der Waals surface area contributed by atoms with Gasteiger partial charge in [-0.1, -0.05) is 51.7 Å². The van der Waals surface area contributed by atoms with Crippen molar-refractivity contribution in [3.05, 3.63) is 46.5 Å². The van der Waals surface area contributed by atoms with Gasteiger partial charge in [-0.3, -0.25) is 0 Å². The largest absolute Gasteiger partial charge is 0.397 e. The van der Waals surface area contributed by atoms with E-state index >= 15 is 0 Å². The third-order valence-electron chi connectivity index (χ3n) is 5.23. The lowest BCUT2D eigenvalue weighted by molar-refractivity contribution is 0.717. The monoisotopic (exact) mass is 368 g/mol. The number of rotatable bonds is 10. The molecule has 0 unspecified atom stereocenters. The van der Waals surface area contributed by atoms with Crippen molar-refractivity contribution < 1.29 is 0 Å². The molecule has 4 heteroatoms. The predicted octanol–water partition coefficient (Wildman–Crippen LogP) is 5.07. The average molecular weight is 369 g/mol. The van der Waals surface area contributed by atoms with Gasteiger partial charge in [0.15, 0.2) is 0 Å². The minimum Gasteiger partial charge on any atom is -0.397 e. The highest BCUT2D eigenvalue weighted by atomic mass is 14.7. The lowest BCUT2D eigenvalue weighted by Gasteiger charge is -2.15. The minimum atomic E-state index is 0.656. The molecule has 0 saturated carbocycles. The van der Waals surface area contributed by atoms with Crippen molar-refractivity contribution in [3.8, 4) is 0 Å². The van der Waals surface area contributed by atoms with Crippen molar-refractivity contribution in [2.75, 3.05) is 22.9 Å². The fraction of sp³-hybridized carbons (Fsp3) is 0.478. The summed E-state index contributed by atoms with van der Waals surface area (Å²) in [5.41, 5.74) is 32.1. The van der Waals surface area contributed by atoms with Crippen molar-refractivity contribution >= 4 is 22.7 Å². The Hall–Kier alpha value is -2.36. The van der Waals surface area contributed by atoms with E-state index in [4.69, 9.17) is 22.9 Å². The number of anilines is 4. The lowest BCUT2D eigenvalue weighted by atomic mass is 9.94. The van der Waals surface area contributed by atoms with E-state index in [0.717, 1.165) is 24.0 Å². The Balaban J connectivity index is 2.26. The Bertz CT molecular complexity index is 689. The van der Waals surface area contributed by atoms with Crippen LogP contribution < -0.4 is 22.9 Å². The maximum atomic E-state index is 6.28. The molecule has 8 N–H and O–H groups in total. The van der Waals surface area contributed by atoms with Crippen LogP contribution in [0.25, 0.3) is 0 Å². The molecule has 0 radical (unpaired) electrons. The highest BCUT2D eigenvalue weighted by molar-refractivity contribution is 5.73. The van der Waals surface area contributed by atoms with Gasteiger partial charge < -0.3 is 22.9 Å². The SMILES string of the molecule is CCCCCc1cc(N)c(N)c(Cc2cc(CCCCC)cc(N)c2N)c1. The van der Waals surface area contributed by atoms with Crippen LogP contribution in [0.4, 0.5) is 22.7 Å². The zero-order valence-electron chi connectivity index (χ0n) is 17.0. The van der Waals surface area contributed by atoms with E-state index in [1.54, 1.807) is 0 Å². The topological polar surface area (TPSA) is 104 Å². The highest BCUT2D eigenvalue weighted by Crippen LogP contribution is 2.30. The van der Waals surface area contributed by atoms with Crippen LogP contribution in [0.5, 0.6) is 0 Å². The third kappa shape index (κ3) is 5.81. The molecule has 0 fully saturated rings. The van der Waals surface area contributed by atoms with E-state index in [1.807, 2.05) is 12.1 Å². The van der Waals surface area contributed by atoms with Crippen LogP contribution in [0.1, 0.15) is 74.6 Å². The Kier molecular flexibility index (Phi) is 7.83. The Morgan fingerprint density at radius 1 is 0.593 bits per heavy atom. The van der Waals surface area contributed by atoms with E-state index in [1.165, 1.54) is 49.7 Å². The van der Waals surface area contributed by atoms with Crippen molar-refractivity contribution in [3.63, 3.8) is 0 Å². The molecule has 4 nitrogen and oxygen atoms in total. The Morgan fingerprint density at radius 2 is 1.00 bits per heavy atom. The average Bonchev–Trinajstić information content (AvgIpc) is 2.63. The van der Waals surface area contributed by atoms with Crippen LogP contribution >= 0.6 is 0 Å². The van der Waals surface area contributed by atoms with Gasteiger partial charge in [0.05, 0.1) is 22.7 Å². The predicted molar refractivity (Wildman–Crippen MR) is 120 cm³/mol. The summed E-state index contributed by atoms with van der Waals surface area (Å²) in [5, 5.41) is 0. The van der Waals surface area contributed by atoms with Crippen LogP contribution in [0.15, 0.2) is 24.3 Å². The molecule has 2 aromatic carbocycles. The smallest absolute Gasteiger partial charge is 0.0583 e. The molecule has 0 aliphatic carbocycles. The van der Waals surface area contributed by atoms with Gasteiger partial charge in [-0.15, -0.1) is 0 Å². The molecule has 0 amide bonds. The van der Waals surface area contributed by atoms with Gasteiger partial charge in [-0.25, -0.2) is 0 Å². The van der Waals surface area contributed by atoms with Crippen LogP contribution in [0, 0.1) is 0 Å². The number of unbranched alkanes of at least 4 members (excludes halogenated alkanes) is 4. The summed E-state index contributed by atoms with van der Waals surface area (Å²) < 4.78 is 0. The molecule has 2 aromatic rings. The molecule has 148 valence electrons. The van der Waals surface area contributed by atoms with Crippen LogP contribution in [0.3, 0.4) is 0 Å². The molecule has 0 atom stereocenters. The number of benzene rings is 2. The van der Waals surface area contributed by atoms with Crippen LogP contribution in [-0.2, 0) is 19.3 Å². The maximum absolute atomic E-state index is 6.28. The summed E-state index contributed by atoms with van der Waals surface area (Å²) in [4.78, 5) is 0. The van der Waals surface area contributed by atoms with Crippen molar-refractivity contribution in [2.45, 2.75) is 71.6 Å². The van der Waals surface area contributed by atoms with E-state index in [2.05, 4.69) is 26.0 Å². The molecule has 0 bridgehead atoms. The van der Waals surface area contributed by atoms with E-state index in [0.29, 0.717) is 29.2 Å². The van der Waals surface area contributed by atoms with Crippen molar-refractivity contribution in [2.24, 2.45) is 0 Å². The molecule has 0 spiro atoms. The molecule has 2 rings (SSSR count). The molecule has 0 aliphatic rings. The van der Waals surface area contributed by atoms with E-state index in [9.17, 15) is 0 Å². The molecule has 27 heavy (non-hydrogen) atoms. The minimum absolute atomic E-state index is 0.656. The maximum Gasteiger partial charge on any atom is 0.0583 e. The van der Waals surface area contributed by atoms with Gasteiger partial charge in [0.1, 0.15) is 0 Å². The second kappa shape index (κ2) is 10.1. The highest BCUT2D eigenvalue weighted by Gasteiger charge is 2.12. The van der Waals surface area contributed by atoms with Gasteiger partial charge in [-0.05, 0) is 60.1 Å². The van der Waals surface area contributed by atoms with E-state index < -0.39 is 0 Å². The van der Waals surface area contributed by atoms with Crippen molar-refractivity contribution in [1.82, 2.24) is 0 Å². The summed E-state index contributed by atoms with van der Waals surface area (Å²) in [6, 6.07) is 8.38. The Morgan fingerprint density at radius 3 is 1.37 bits per heavy atom. The van der Waals surface area contributed by atoms with Gasteiger partial charge in [0.2, 0.25) is 0 Å². The molecule has 0 aromatic heterocycles. The fourth-order valence-corrected chi connectivity index (χ4v) is 3.56. The summed E-state index contributed by atoms with van der Waals surface area (Å²) in [5.74, 6) is 0. The lowest BCUT2D eigenvalue weighted by Crippen LogP contribution is -2.06. The second-order valence-electron chi connectivity index (χ2n) is 7.61. The quantitative estimate of drug-likeness (QED) is 0.347. The second-order valence-corrected chi connectivity index (χ2v) is 7.61. The first kappa shape index (κ1) is 20.9. The summed E-state index contributed by atoms with van der Waals surface area (Å²) in [6.07, 6.45) is 9.92.